The molecule has 2 N–H and O–H groups in total. The summed E-state index contributed by atoms with van der Waals surface area (Å²) in [5, 5.41) is 7.47. The van der Waals surface area contributed by atoms with Gasteiger partial charge in [0.25, 0.3) is 5.91 Å². The Labute approximate surface area is 121 Å². The Hall–Kier alpha value is -2.27. The highest BCUT2D eigenvalue weighted by molar-refractivity contribution is 6.30. The standard InChI is InChI=1S/C14H14ClN3O2/c1-10-7-11(15)4-5-13(10)16-9-14(19)18-17-8-12-3-2-6-20-12/h2-8,16H,9H2,1H3,(H,18,19)/b17-8+. The van der Waals surface area contributed by atoms with Gasteiger partial charge in [0, 0.05) is 10.7 Å². The molecule has 1 aromatic heterocycles. The molecular formula is C14H14ClN3O2. The second kappa shape index (κ2) is 6.77. The van der Waals surface area contributed by atoms with Crippen LogP contribution in [-0.4, -0.2) is 18.7 Å². The van der Waals surface area contributed by atoms with E-state index in [0.717, 1.165) is 11.3 Å². The lowest BCUT2D eigenvalue weighted by Gasteiger charge is -2.08. The van der Waals surface area contributed by atoms with Gasteiger partial charge < -0.3 is 9.73 Å². The van der Waals surface area contributed by atoms with E-state index in [4.69, 9.17) is 16.0 Å². The molecule has 0 atom stereocenters. The SMILES string of the molecule is Cc1cc(Cl)ccc1NCC(=O)N/N=C/c1ccco1. The van der Waals surface area contributed by atoms with E-state index in [-0.39, 0.29) is 12.5 Å². The number of rotatable bonds is 5. The van der Waals surface area contributed by atoms with E-state index in [0.29, 0.717) is 10.8 Å². The van der Waals surface area contributed by atoms with Crippen LogP contribution in [-0.2, 0) is 4.79 Å². The molecule has 0 aliphatic rings. The zero-order valence-electron chi connectivity index (χ0n) is 10.9. The minimum absolute atomic E-state index is 0.123. The number of aryl methyl sites for hydroxylation is 1. The molecule has 0 bridgehead atoms. The summed E-state index contributed by atoms with van der Waals surface area (Å²) in [6.45, 7) is 2.04. The molecule has 2 aromatic rings. The number of carbonyl (C=O) groups is 1. The number of anilines is 1. The lowest BCUT2D eigenvalue weighted by Crippen LogP contribution is -2.26. The van der Waals surface area contributed by atoms with Crippen LogP contribution in [0.1, 0.15) is 11.3 Å². The van der Waals surface area contributed by atoms with Gasteiger partial charge in [-0.25, -0.2) is 5.43 Å². The molecule has 5 nitrogen and oxygen atoms in total. The smallest absolute Gasteiger partial charge is 0.259 e. The van der Waals surface area contributed by atoms with Crippen LogP contribution in [0.3, 0.4) is 0 Å². The van der Waals surface area contributed by atoms with Crippen LogP contribution < -0.4 is 10.7 Å². The molecule has 0 saturated carbocycles. The molecule has 0 fully saturated rings. The van der Waals surface area contributed by atoms with Crippen molar-refractivity contribution in [1.29, 1.82) is 0 Å². The molecule has 6 heteroatoms. The highest BCUT2D eigenvalue weighted by atomic mass is 35.5. The van der Waals surface area contributed by atoms with Crippen molar-refractivity contribution in [3.8, 4) is 0 Å². The third-order valence-corrected chi connectivity index (χ3v) is 2.79. The van der Waals surface area contributed by atoms with Crippen molar-refractivity contribution in [1.82, 2.24) is 5.43 Å². The predicted molar refractivity (Wildman–Crippen MR) is 79.1 cm³/mol. The number of furan rings is 1. The van der Waals surface area contributed by atoms with Gasteiger partial charge >= 0.3 is 0 Å². The van der Waals surface area contributed by atoms with Crippen LogP contribution in [0.4, 0.5) is 5.69 Å². The highest BCUT2D eigenvalue weighted by Crippen LogP contribution is 2.19. The lowest BCUT2D eigenvalue weighted by molar-refractivity contribution is -0.119. The van der Waals surface area contributed by atoms with Gasteiger partial charge in [0.2, 0.25) is 0 Å². The quantitative estimate of drug-likeness (QED) is 0.657. The van der Waals surface area contributed by atoms with Crippen LogP contribution in [0.15, 0.2) is 46.1 Å². The number of hydrazone groups is 1. The first-order chi connectivity index (χ1) is 9.65. The molecule has 1 aromatic carbocycles. The van der Waals surface area contributed by atoms with Gasteiger partial charge in [-0.3, -0.25) is 4.79 Å². The number of nitrogens with zero attached hydrogens (tertiary/aromatic N) is 1. The zero-order chi connectivity index (χ0) is 14.4. The molecule has 0 radical (unpaired) electrons. The molecule has 0 saturated heterocycles. The third kappa shape index (κ3) is 4.13. The Morgan fingerprint density at radius 1 is 1.45 bits per heavy atom. The van der Waals surface area contributed by atoms with Crippen LogP contribution in [0.5, 0.6) is 0 Å². The topological polar surface area (TPSA) is 66.6 Å². The molecule has 0 spiro atoms. The van der Waals surface area contributed by atoms with Crippen molar-refractivity contribution in [2.24, 2.45) is 5.10 Å². The number of benzene rings is 1. The van der Waals surface area contributed by atoms with E-state index in [1.807, 2.05) is 19.1 Å². The van der Waals surface area contributed by atoms with Crippen LogP contribution in [0.25, 0.3) is 0 Å². The van der Waals surface area contributed by atoms with Gasteiger partial charge in [0.1, 0.15) is 5.76 Å². The Balaban J connectivity index is 1.80. The second-order valence-electron chi connectivity index (χ2n) is 4.12. The molecule has 104 valence electrons. The maximum Gasteiger partial charge on any atom is 0.259 e. The van der Waals surface area contributed by atoms with E-state index < -0.39 is 0 Å². The molecule has 1 heterocycles. The fraction of sp³-hybridized carbons (Fsp3) is 0.143. The molecular weight excluding hydrogens is 278 g/mol. The summed E-state index contributed by atoms with van der Waals surface area (Å²) in [4.78, 5) is 11.6. The van der Waals surface area contributed by atoms with Crippen LogP contribution >= 0.6 is 11.6 Å². The maximum atomic E-state index is 11.6. The van der Waals surface area contributed by atoms with Gasteiger partial charge in [-0.1, -0.05) is 11.6 Å². The number of carbonyl (C=O) groups excluding carboxylic acids is 1. The first kappa shape index (κ1) is 14.1. The Kier molecular flexibility index (Phi) is 4.79. The van der Waals surface area contributed by atoms with Gasteiger partial charge in [0.05, 0.1) is 19.0 Å². The zero-order valence-corrected chi connectivity index (χ0v) is 11.6. The third-order valence-electron chi connectivity index (χ3n) is 2.55. The Morgan fingerprint density at radius 2 is 2.30 bits per heavy atom. The Bertz CT molecular complexity index is 609. The van der Waals surface area contributed by atoms with Crippen molar-refractivity contribution in [2.45, 2.75) is 6.92 Å². The lowest BCUT2D eigenvalue weighted by atomic mass is 10.2. The number of amides is 1. The van der Waals surface area contributed by atoms with E-state index in [9.17, 15) is 4.79 Å². The second-order valence-corrected chi connectivity index (χ2v) is 4.56. The van der Waals surface area contributed by atoms with E-state index in [1.54, 1.807) is 18.2 Å². The number of halogens is 1. The minimum atomic E-state index is -0.248. The number of hydrogen-bond donors (Lipinski definition) is 2. The highest BCUT2D eigenvalue weighted by Gasteiger charge is 2.02. The summed E-state index contributed by atoms with van der Waals surface area (Å²) in [6.07, 6.45) is 2.97. The van der Waals surface area contributed by atoms with Crippen molar-refractivity contribution >= 4 is 29.4 Å². The van der Waals surface area contributed by atoms with E-state index >= 15 is 0 Å². The number of hydrogen-bond acceptors (Lipinski definition) is 4. The summed E-state index contributed by atoms with van der Waals surface area (Å²) in [5.74, 6) is 0.328. The molecule has 20 heavy (non-hydrogen) atoms. The maximum absolute atomic E-state index is 11.6. The average molecular weight is 292 g/mol. The Morgan fingerprint density at radius 3 is 3.00 bits per heavy atom. The first-order valence-electron chi connectivity index (χ1n) is 6.00. The summed E-state index contributed by atoms with van der Waals surface area (Å²) in [7, 11) is 0. The van der Waals surface area contributed by atoms with Crippen molar-refractivity contribution in [3.05, 3.63) is 52.9 Å². The van der Waals surface area contributed by atoms with Crippen molar-refractivity contribution in [2.75, 3.05) is 11.9 Å². The monoisotopic (exact) mass is 291 g/mol. The van der Waals surface area contributed by atoms with E-state index in [1.165, 1.54) is 12.5 Å². The fourth-order valence-electron chi connectivity index (χ4n) is 1.57. The van der Waals surface area contributed by atoms with Gasteiger partial charge in [0.15, 0.2) is 0 Å². The van der Waals surface area contributed by atoms with Gasteiger partial charge in [-0.15, -0.1) is 0 Å². The predicted octanol–water partition coefficient (Wildman–Crippen LogP) is 2.80. The number of nitrogens with one attached hydrogen (secondary N) is 2. The fourth-order valence-corrected chi connectivity index (χ4v) is 1.80. The molecule has 1 amide bonds. The summed E-state index contributed by atoms with van der Waals surface area (Å²) >= 11 is 5.86. The van der Waals surface area contributed by atoms with Gasteiger partial charge in [-0.05, 0) is 42.8 Å². The summed E-state index contributed by atoms with van der Waals surface area (Å²) in [5.41, 5.74) is 4.24. The summed E-state index contributed by atoms with van der Waals surface area (Å²) in [6, 6.07) is 8.91. The molecule has 2 rings (SSSR count). The van der Waals surface area contributed by atoms with Crippen LogP contribution in [0, 0.1) is 6.92 Å². The molecule has 0 unspecified atom stereocenters. The van der Waals surface area contributed by atoms with Gasteiger partial charge in [-0.2, -0.15) is 5.10 Å². The minimum Gasteiger partial charge on any atom is -0.463 e. The normalized spacial score (nSPS) is 10.7. The van der Waals surface area contributed by atoms with Crippen LogP contribution in [0.2, 0.25) is 5.02 Å². The largest absolute Gasteiger partial charge is 0.463 e. The van der Waals surface area contributed by atoms with Crippen molar-refractivity contribution in [3.63, 3.8) is 0 Å². The van der Waals surface area contributed by atoms with E-state index in [2.05, 4.69) is 15.8 Å². The summed E-state index contributed by atoms with van der Waals surface area (Å²) < 4.78 is 5.04. The molecule has 0 aliphatic carbocycles. The molecule has 0 aliphatic heterocycles. The first-order valence-corrected chi connectivity index (χ1v) is 6.38. The average Bonchev–Trinajstić information content (AvgIpc) is 2.91. The van der Waals surface area contributed by atoms with Crippen molar-refractivity contribution < 1.29 is 9.21 Å².